The minimum absolute atomic E-state index is 0.653. The van der Waals surface area contributed by atoms with E-state index in [1.165, 1.54) is 52.9 Å². The number of benzene rings is 1. The number of thiophene rings is 1. The van der Waals surface area contributed by atoms with Crippen LogP contribution in [-0.4, -0.2) is 40.3 Å². The average molecular weight is 384 g/mol. The molecule has 1 aliphatic rings. The number of nitrogens with zero attached hydrogens (tertiary/aromatic N) is 3. The molecule has 5 heteroatoms. The van der Waals surface area contributed by atoms with Gasteiger partial charge in [-0.05, 0) is 57.5 Å². The number of aromatic nitrogens is 2. The summed E-state index contributed by atoms with van der Waals surface area (Å²) in [7, 11) is 2.21. The molecule has 1 fully saturated rings. The van der Waals surface area contributed by atoms with Gasteiger partial charge in [-0.3, -0.25) is 0 Å². The quantitative estimate of drug-likeness (QED) is 0.563. The average Bonchev–Trinajstić information content (AvgIpc) is 3.00. The third-order valence-corrected chi connectivity index (χ3v) is 7.58. The summed E-state index contributed by atoms with van der Waals surface area (Å²) in [5, 5.41) is 3.06. The number of hydrogen-bond acceptors (Lipinski definition) is 5. The Morgan fingerprint density at radius 1 is 1.15 bits per heavy atom. The number of aryl methyl sites for hydroxylation is 2. The molecular formula is C21H25N3S2. The molecule has 0 N–H and O–H groups in total. The Morgan fingerprint density at radius 2 is 1.88 bits per heavy atom. The largest absolute Gasteiger partial charge is 0.306 e. The molecule has 0 atom stereocenters. The predicted octanol–water partition coefficient (Wildman–Crippen LogP) is 5.42. The summed E-state index contributed by atoms with van der Waals surface area (Å²) in [6.45, 7) is 6.77. The van der Waals surface area contributed by atoms with Gasteiger partial charge < -0.3 is 4.90 Å². The summed E-state index contributed by atoms with van der Waals surface area (Å²) in [5.41, 5.74) is 3.98. The number of hydrogen-bond donors (Lipinski definition) is 0. The highest BCUT2D eigenvalue weighted by atomic mass is 32.2. The molecule has 3 nitrogen and oxygen atoms in total. The maximum Gasteiger partial charge on any atom is 0.128 e. The van der Waals surface area contributed by atoms with Crippen LogP contribution < -0.4 is 0 Å². The summed E-state index contributed by atoms with van der Waals surface area (Å²) in [6, 6.07) is 8.99. The Hall–Kier alpha value is -1.43. The molecule has 0 spiro atoms. The van der Waals surface area contributed by atoms with Crippen LogP contribution in [0.1, 0.15) is 30.2 Å². The van der Waals surface area contributed by atoms with Crippen LogP contribution in [0, 0.1) is 6.92 Å². The van der Waals surface area contributed by atoms with Crippen molar-refractivity contribution in [2.75, 3.05) is 20.1 Å². The van der Waals surface area contributed by atoms with Gasteiger partial charge in [-0.15, -0.1) is 23.1 Å². The van der Waals surface area contributed by atoms with Gasteiger partial charge in [0.05, 0.1) is 5.39 Å². The molecule has 0 radical (unpaired) electrons. The Balaban J connectivity index is 1.74. The second-order valence-corrected chi connectivity index (χ2v) is 9.56. The molecule has 0 amide bonds. The number of likely N-dealkylation sites (tertiary alicyclic amines) is 1. The summed E-state index contributed by atoms with van der Waals surface area (Å²) in [4.78, 5) is 14.1. The van der Waals surface area contributed by atoms with Crippen LogP contribution in [0.2, 0.25) is 0 Å². The second kappa shape index (κ2) is 7.67. The lowest BCUT2D eigenvalue weighted by atomic mass is 10.0. The van der Waals surface area contributed by atoms with E-state index < -0.39 is 0 Å². The van der Waals surface area contributed by atoms with Crippen molar-refractivity contribution in [2.24, 2.45) is 0 Å². The lowest BCUT2D eigenvalue weighted by molar-refractivity contribution is 0.282. The molecule has 1 aromatic carbocycles. The van der Waals surface area contributed by atoms with E-state index in [4.69, 9.17) is 4.98 Å². The summed E-state index contributed by atoms with van der Waals surface area (Å²) >= 11 is 3.74. The fourth-order valence-electron chi connectivity index (χ4n) is 3.62. The zero-order valence-electron chi connectivity index (χ0n) is 15.7. The topological polar surface area (TPSA) is 29.0 Å². The Kier molecular flexibility index (Phi) is 5.30. The highest BCUT2D eigenvalue weighted by Gasteiger charge is 2.22. The normalized spacial score (nSPS) is 16.4. The van der Waals surface area contributed by atoms with Crippen LogP contribution in [0.3, 0.4) is 0 Å². The third kappa shape index (κ3) is 3.53. The molecular weight excluding hydrogens is 358 g/mol. The van der Waals surface area contributed by atoms with E-state index in [1.807, 2.05) is 11.8 Å². The smallest absolute Gasteiger partial charge is 0.128 e. The van der Waals surface area contributed by atoms with E-state index in [1.54, 1.807) is 17.7 Å². The van der Waals surface area contributed by atoms with Crippen molar-refractivity contribution in [3.63, 3.8) is 0 Å². The van der Waals surface area contributed by atoms with E-state index in [0.29, 0.717) is 5.25 Å². The first-order chi connectivity index (χ1) is 12.7. The van der Waals surface area contributed by atoms with E-state index >= 15 is 0 Å². The first kappa shape index (κ1) is 18.0. The van der Waals surface area contributed by atoms with Crippen molar-refractivity contribution in [1.29, 1.82) is 0 Å². The lowest BCUT2D eigenvalue weighted by Crippen LogP contribution is -2.31. The minimum Gasteiger partial charge on any atom is -0.306 e. The molecule has 136 valence electrons. The van der Waals surface area contributed by atoms with Crippen molar-refractivity contribution >= 4 is 33.3 Å². The Labute approximate surface area is 163 Å². The maximum atomic E-state index is 4.70. The highest BCUT2D eigenvalue weighted by molar-refractivity contribution is 8.00. The SMILES string of the molecule is CCc1ccc(-c2c(C)sc3ncnc(SC4CCN(C)CC4)c23)cc1. The first-order valence-electron chi connectivity index (χ1n) is 9.34. The second-order valence-electron chi connectivity index (χ2n) is 7.06. The lowest BCUT2D eigenvalue weighted by Gasteiger charge is -2.28. The van der Waals surface area contributed by atoms with Gasteiger partial charge in [0.25, 0.3) is 0 Å². The molecule has 0 bridgehead atoms. The Morgan fingerprint density at radius 3 is 2.58 bits per heavy atom. The van der Waals surface area contributed by atoms with Gasteiger partial charge in [-0.2, -0.15) is 0 Å². The number of fused-ring (bicyclic) bond motifs is 1. The van der Waals surface area contributed by atoms with Crippen LogP contribution in [0.4, 0.5) is 0 Å². The molecule has 4 rings (SSSR count). The van der Waals surface area contributed by atoms with E-state index in [-0.39, 0.29) is 0 Å². The maximum absolute atomic E-state index is 4.70. The zero-order chi connectivity index (χ0) is 18.1. The molecule has 1 saturated heterocycles. The Bertz CT molecular complexity index is 894. The van der Waals surface area contributed by atoms with E-state index in [2.05, 4.69) is 55.0 Å². The zero-order valence-corrected chi connectivity index (χ0v) is 17.3. The van der Waals surface area contributed by atoms with Crippen molar-refractivity contribution in [1.82, 2.24) is 14.9 Å². The third-order valence-electron chi connectivity index (χ3n) is 5.22. The molecule has 2 aromatic heterocycles. The van der Waals surface area contributed by atoms with Gasteiger partial charge in [0.15, 0.2) is 0 Å². The van der Waals surface area contributed by atoms with Crippen LogP contribution in [0.5, 0.6) is 0 Å². The van der Waals surface area contributed by atoms with Crippen LogP contribution in [-0.2, 0) is 6.42 Å². The fraction of sp³-hybridized carbons (Fsp3) is 0.429. The molecule has 26 heavy (non-hydrogen) atoms. The summed E-state index contributed by atoms with van der Waals surface area (Å²) in [5.74, 6) is 0. The van der Waals surface area contributed by atoms with Crippen molar-refractivity contribution in [2.45, 2.75) is 43.4 Å². The minimum atomic E-state index is 0.653. The van der Waals surface area contributed by atoms with Gasteiger partial charge in [0, 0.05) is 15.7 Å². The van der Waals surface area contributed by atoms with E-state index in [9.17, 15) is 0 Å². The standard InChI is InChI=1S/C21H25N3S2/c1-4-15-5-7-16(8-6-15)18-14(2)25-20-19(18)21(23-13-22-20)26-17-9-11-24(3)12-10-17/h5-8,13,17H,4,9-12H2,1-3H3. The van der Waals surface area contributed by atoms with Gasteiger partial charge in [-0.1, -0.05) is 31.2 Å². The molecule has 0 saturated carbocycles. The predicted molar refractivity (Wildman–Crippen MR) is 113 cm³/mol. The molecule has 3 heterocycles. The molecule has 0 unspecified atom stereocenters. The van der Waals surface area contributed by atoms with E-state index in [0.717, 1.165) is 16.3 Å². The highest BCUT2D eigenvalue weighted by Crippen LogP contribution is 2.43. The molecule has 3 aromatic rings. The van der Waals surface area contributed by atoms with Gasteiger partial charge >= 0.3 is 0 Å². The number of rotatable bonds is 4. The molecule has 0 aliphatic carbocycles. The van der Waals surface area contributed by atoms with Crippen molar-refractivity contribution < 1.29 is 0 Å². The van der Waals surface area contributed by atoms with Crippen LogP contribution in [0.25, 0.3) is 21.3 Å². The number of thioether (sulfide) groups is 1. The van der Waals surface area contributed by atoms with Gasteiger partial charge in [0.1, 0.15) is 16.2 Å². The van der Waals surface area contributed by atoms with Crippen LogP contribution >= 0.6 is 23.1 Å². The summed E-state index contributed by atoms with van der Waals surface area (Å²) in [6.07, 6.45) is 5.27. The van der Waals surface area contributed by atoms with Crippen LogP contribution in [0.15, 0.2) is 35.6 Å². The van der Waals surface area contributed by atoms with Crippen molar-refractivity contribution in [3.05, 3.63) is 41.0 Å². The number of piperidine rings is 1. The van der Waals surface area contributed by atoms with Gasteiger partial charge in [-0.25, -0.2) is 9.97 Å². The molecule has 1 aliphatic heterocycles. The van der Waals surface area contributed by atoms with Crippen molar-refractivity contribution in [3.8, 4) is 11.1 Å². The monoisotopic (exact) mass is 383 g/mol. The fourth-order valence-corrected chi connectivity index (χ4v) is 5.89. The van der Waals surface area contributed by atoms with Gasteiger partial charge in [0.2, 0.25) is 0 Å². The summed E-state index contributed by atoms with van der Waals surface area (Å²) < 4.78 is 0. The first-order valence-corrected chi connectivity index (χ1v) is 11.0.